The molecule has 1 aromatic carbocycles. The largest absolute Gasteiger partial charge is 0.497 e. The number of carbonyl (C=O) groups excluding carboxylic acids is 3. The van der Waals surface area contributed by atoms with Crippen LogP contribution in [0, 0.1) is 5.92 Å². The number of benzene rings is 1. The average Bonchev–Trinajstić information content (AvgIpc) is 3.15. The molecule has 7 nitrogen and oxygen atoms in total. The predicted octanol–water partition coefficient (Wildman–Crippen LogP) is 1.86. The molecular formula is C20H25N3O4S. The first-order valence-corrected chi connectivity index (χ1v) is 10.8. The van der Waals surface area contributed by atoms with Gasteiger partial charge in [-0.1, -0.05) is 12.1 Å². The summed E-state index contributed by atoms with van der Waals surface area (Å²) < 4.78 is 5.16. The number of hydrogen-bond donors (Lipinski definition) is 1. The monoisotopic (exact) mass is 403 g/mol. The van der Waals surface area contributed by atoms with Crippen LogP contribution in [0.5, 0.6) is 5.75 Å². The van der Waals surface area contributed by atoms with E-state index in [4.69, 9.17) is 4.74 Å². The third kappa shape index (κ3) is 3.57. The van der Waals surface area contributed by atoms with Gasteiger partial charge in [-0.05, 0) is 42.0 Å². The Bertz CT molecular complexity index is 776. The number of nitrogens with zero attached hydrogens (tertiary/aromatic N) is 2. The number of likely N-dealkylation sites (tertiary alicyclic amines) is 1. The van der Waals surface area contributed by atoms with E-state index in [2.05, 4.69) is 5.32 Å². The van der Waals surface area contributed by atoms with Crippen molar-refractivity contribution >= 4 is 29.6 Å². The van der Waals surface area contributed by atoms with Crippen LogP contribution in [-0.2, 0) is 16.1 Å². The Labute approximate surface area is 168 Å². The van der Waals surface area contributed by atoms with E-state index in [1.807, 2.05) is 36.0 Å². The number of urea groups is 1. The molecule has 3 aliphatic rings. The molecule has 8 heteroatoms. The molecule has 4 rings (SSSR count). The number of thioether (sulfide) groups is 1. The number of imide groups is 1. The minimum absolute atomic E-state index is 0.0198. The van der Waals surface area contributed by atoms with E-state index < -0.39 is 5.54 Å². The van der Waals surface area contributed by atoms with E-state index in [1.165, 1.54) is 4.90 Å². The van der Waals surface area contributed by atoms with Crippen molar-refractivity contribution < 1.29 is 19.1 Å². The molecule has 3 heterocycles. The number of rotatable bonds is 5. The van der Waals surface area contributed by atoms with Gasteiger partial charge in [-0.2, -0.15) is 11.8 Å². The molecule has 4 amide bonds. The highest BCUT2D eigenvalue weighted by Crippen LogP contribution is 2.33. The van der Waals surface area contributed by atoms with Gasteiger partial charge in [0.05, 0.1) is 7.11 Å². The Kier molecular flexibility index (Phi) is 5.23. The molecule has 1 aromatic rings. The van der Waals surface area contributed by atoms with Crippen LogP contribution in [-0.4, -0.2) is 64.9 Å². The number of carbonyl (C=O) groups is 3. The van der Waals surface area contributed by atoms with Crippen molar-refractivity contribution in [2.75, 3.05) is 31.7 Å². The SMILES string of the molecule is COc1ccc(CN2CC(CN3C(=O)NC4(CCSCC4)C3=O)CC2=O)cc1. The molecular weight excluding hydrogens is 378 g/mol. The summed E-state index contributed by atoms with van der Waals surface area (Å²) in [5.41, 5.74) is 0.316. The van der Waals surface area contributed by atoms with E-state index in [-0.39, 0.29) is 23.8 Å². The number of nitrogens with one attached hydrogen (secondary N) is 1. The third-order valence-corrected chi connectivity index (χ3v) is 6.85. The molecule has 0 radical (unpaired) electrons. The summed E-state index contributed by atoms with van der Waals surface area (Å²) in [6.45, 7) is 1.40. The van der Waals surface area contributed by atoms with Gasteiger partial charge < -0.3 is 15.0 Å². The van der Waals surface area contributed by atoms with E-state index >= 15 is 0 Å². The lowest BCUT2D eigenvalue weighted by atomic mass is 9.92. The standard InChI is InChI=1S/C20H25N3O4S/c1-27-16-4-2-14(3-5-16)11-22-12-15(10-17(22)24)13-23-18(25)20(21-19(23)26)6-8-28-9-7-20/h2-5,15H,6-13H2,1H3,(H,21,26). The zero-order valence-electron chi connectivity index (χ0n) is 16.0. The van der Waals surface area contributed by atoms with E-state index in [0.29, 0.717) is 38.9 Å². The molecule has 0 aliphatic carbocycles. The van der Waals surface area contributed by atoms with Gasteiger partial charge in [0, 0.05) is 32.0 Å². The second-order valence-electron chi connectivity index (χ2n) is 7.73. The lowest BCUT2D eigenvalue weighted by Crippen LogP contribution is -2.49. The van der Waals surface area contributed by atoms with Crippen molar-refractivity contribution in [3.8, 4) is 5.75 Å². The summed E-state index contributed by atoms with van der Waals surface area (Å²) in [5, 5.41) is 2.93. The average molecular weight is 404 g/mol. The fourth-order valence-electron chi connectivity index (χ4n) is 4.24. The molecule has 3 fully saturated rings. The maximum Gasteiger partial charge on any atom is 0.325 e. The molecule has 28 heavy (non-hydrogen) atoms. The maximum atomic E-state index is 12.9. The van der Waals surface area contributed by atoms with Crippen molar-refractivity contribution in [1.29, 1.82) is 0 Å². The fraction of sp³-hybridized carbons (Fsp3) is 0.550. The van der Waals surface area contributed by atoms with Gasteiger partial charge in [-0.3, -0.25) is 14.5 Å². The number of ether oxygens (including phenoxy) is 1. The van der Waals surface area contributed by atoms with Gasteiger partial charge >= 0.3 is 6.03 Å². The molecule has 0 aromatic heterocycles. The lowest BCUT2D eigenvalue weighted by Gasteiger charge is -2.30. The summed E-state index contributed by atoms with van der Waals surface area (Å²) in [6.07, 6.45) is 1.74. The molecule has 0 saturated carbocycles. The molecule has 1 unspecified atom stereocenters. The van der Waals surface area contributed by atoms with Gasteiger partial charge in [-0.25, -0.2) is 4.79 Å². The summed E-state index contributed by atoms with van der Waals surface area (Å²) in [5.74, 6) is 2.49. The molecule has 3 saturated heterocycles. The van der Waals surface area contributed by atoms with Crippen molar-refractivity contribution in [1.82, 2.24) is 15.1 Å². The van der Waals surface area contributed by atoms with Crippen LogP contribution >= 0.6 is 11.8 Å². The zero-order chi connectivity index (χ0) is 19.7. The fourth-order valence-corrected chi connectivity index (χ4v) is 5.43. The smallest absolute Gasteiger partial charge is 0.325 e. The van der Waals surface area contributed by atoms with Crippen molar-refractivity contribution in [3.05, 3.63) is 29.8 Å². The second-order valence-corrected chi connectivity index (χ2v) is 8.96. The van der Waals surface area contributed by atoms with Gasteiger partial charge in [-0.15, -0.1) is 0 Å². The highest BCUT2D eigenvalue weighted by molar-refractivity contribution is 7.99. The Hall–Kier alpha value is -2.22. The summed E-state index contributed by atoms with van der Waals surface area (Å²) >= 11 is 1.82. The molecule has 1 N–H and O–H groups in total. The zero-order valence-corrected chi connectivity index (χ0v) is 16.8. The maximum absolute atomic E-state index is 12.9. The van der Waals surface area contributed by atoms with Crippen LogP contribution in [0.2, 0.25) is 0 Å². The highest BCUT2D eigenvalue weighted by atomic mass is 32.2. The molecule has 150 valence electrons. The normalized spacial score (nSPS) is 24.2. The summed E-state index contributed by atoms with van der Waals surface area (Å²) in [7, 11) is 1.62. The van der Waals surface area contributed by atoms with E-state index in [9.17, 15) is 14.4 Å². The first kappa shape index (κ1) is 19.1. The summed E-state index contributed by atoms with van der Waals surface area (Å²) in [6, 6.07) is 7.34. The first-order chi connectivity index (χ1) is 13.5. The minimum atomic E-state index is -0.715. The molecule has 1 atom stereocenters. The third-order valence-electron chi connectivity index (χ3n) is 5.86. The topological polar surface area (TPSA) is 79.0 Å². The second kappa shape index (κ2) is 7.66. The number of hydrogen-bond acceptors (Lipinski definition) is 5. The van der Waals surface area contributed by atoms with Crippen molar-refractivity contribution in [3.63, 3.8) is 0 Å². The predicted molar refractivity (Wildman–Crippen MR) is 106 cm³/mol. The van der Waals surface area contributed by atoms with Crippen LogP contribution in [0.3, 0.4) is 0 Å². The Balaban J connectivity index is 1.37. The Morgan fingerprint density at radius 2 is 1.89 bits per heavy atom. The van der Waals surface area contributed by atoms with Crippen LogP contribution in [0.4, 0.5) is 4.79 Å². The van der Waals surface area contributed by atoms with Gasteiger partial charge in [0.15, 0.2) is 0 Å². The number of methoxy groups -OCH3 is 1. The van der Waals surface area contributed by atoms with Crippen LogP contribution in [0.25, 0.3) is 0 Å². The van der Waals surface area contributed by atoms with E-state index in [0.717, 1.165) is 22.8 Å². The molecule has 1 spiro atoms. The van der Waals surface area contributed by atoms with Crippen LogP contribution < -0.4 is 10.1 Å². The van der Waals surface area contributed by atoms with Crippen LogP contribution in [0.15, 0.2) is 24.3 Å². The molecule has 3 aliphatic heterocycles. The van der Waals surface area contributed by atoms with Gasteiger partial charge in [0.25, 0.3) is 5.91 Å². The Morgan fingerprint density at radius 3 is 2.57 bits per heavy atom. The number of amides is 4. The molecule has 0 bridgehead atoms. The van der Waals surface area contributed by atoms with Crippen molar-refractivity contribution in [2.45, 2.75) is 31.3 Å². The lowest BCUT2D eigenvalue weighted by molar-refractivity contribution is -0.132. The Morgan fingerprint density at radius 1 is 1.18 bits per heavy atom. The first-order valence-electron chi connectivity index (χ1n) is 9.63. The van der Waals surface area contributed by atoms with Gasteiger partial charge in [0.1, 0.15) is 11.3 Å². The van der Waals surface area contributed by atoms with Gasteiger partial charge in [0.2, 0.25) is 5.91 Å². The van der Waals surface area contributed by atoms with Crippen molar-refractivity contribution in [2.24, 2.45) is 5.92 Å². The van der Waals surface area contributed by atoms with E-state index in [1.54, 1.807) is 12.0 Å². The quantitative estimate of drug-likeness (QED) is 0.760. The minimum Gasteiger partial charge on any atom is -0.497 e. The van der Waals surface area contributed by atoms with Crippen LogP contribution in [0.1, 0.15) is 24.8 Å². The summed E-state index contributed by atoms with van der Waals surface area (Å²) in [4.78, 5) is 40.9. The highest BCUT2D eigenvalue weighted by Gasteiger charge is 2.52.